The van der Waals surface area contributed by atoms with Crippen LogP contribution in [0.25, 0.3) is 0 Å². The molecule has 1 aromatic rings. The van der Waals surface area contributed by atoms with Crippen LogP contribution in [-0.4, -0.2) is 65.2 Å². The van der Waals surface area contributed by atoms with Gasteiger partial charge in [0.1, 0.15) is 11.6 Å². The van der Waals surface area contributed by atoms with Gasteiger partial charge >= 0.3 is 0 Å². The van der Waals surface area contributed by atoms with Gasteiger partial charge in [0, 0.05) is 32.2 Å². The molecule has 6 heteroatoms. The maximum absolute atomic E-state index is 12.9. The first-order valence-corrected chi connectivity index (χ1v) is 8.00. The van der Waals surface area contributed by atoms with E-state index in [0.29, 0.717) is 25.4 Å². The number of benzene rings is 1. The number of β-amino-alcohol motifs (C(OH)–C–C–N with tert-alkyl or cyclic N) is 1. The summed E-state index contributed by atoms with van der Waals surface area (Å²) in [6.07, 6.45) is -0.989. The lowest BCUT2D eigenvalue weighted by atomic mass is 10.1. The van der Waals surface area contributed by atoms with E-state index in [9.17, 15) is 14.3 Å². The van der Waals surface area contributed by atoms with E-state index in [2.05, 4.69) is 4.90 Å². The molecule has 1 saturated heterocycles. The lowest BCUT2D eigenvalue weighted by Crippen LogP contribution is -2.56. The summed E-state index contributed by atoms with van der Waals surface area (Å²) in [5.74, 6) is 0.0744. The molecule has 0 aliphatic carbocycles. The van der Waals surface area contributed by atoms with Crippen molar-refractivity contribution < 1.29 is 19.0 Å². The molecule has 5 nitrogen and oxygen atoms in total. The van der Waals surface area contributed by atoms with Gasteiger partial charge in [0.15, 0.2) is 6.10 Å². The zero-order valence-electron chi connectivity index (χ0n) is 13.9. The second-order valence-corrected chi connectivity index (χ2v) is 6.19. The number of hydrogen-bond donors (Lipinski definition) is 1. The van der Waals surface area contributed by atoms with Gasteiger partial charge in [0.2, 0.25) is 0 Å². The van der Waals surface area contributed by atoms with Crippen LogP contribution < -0.4 is 4.74 Å². The van der Waals surface area contributed by atoms with Gasteiger partial charge in [-0.15, -0.1) is 0 Å². The Balaban J connectivity index is 1.89. The maximum Gasteiger partial charge on any atom is 0.263 e. The first kappa shape index (κ1) is 17.7. The second-order valence-electron chi connectivity index (χ2n) is 6.19. The highest BCUT2D eigenvalue weighted by atomic mass is 19.1. The van der Waals surface area contributed by atoms with Crippen molar-refractivity contribution in [1.29, 1.82) is 0 Å². The molecule has 2 rings (SSSR count). The Morgan fingerprint density at radius 3 is 2.57 bits per heavy atom. The molecular formula is C17H25FN2O3. The number of piperazine rings is 1. The summed E-state index contributed by atoms with van der Waals surface area (Å²) in [4.78, 5) is 16.5. The predicted molar refractivity (Wildman–Crippen MR) is 85.8 cm³/mol. The lowest BCUT2D eigenvalue weighted by Gasteiger charge is -2.41. The highest BCUT2D eigenvalue weighted by Gasteiger charge is 2.30. The van der Waals surface area contributed by atoms with E-state index in [1.165, 1.54) is 24.3 Å². The molecule has 1 aliphatic rings. The van der Waals surface area contributed by atoms with Crippen molar-refractivity contribution in [3.8, 4) is 5.75 Å². The molecule has 128 valence electrons. The van der Waals surface area contributed by atoms with Crippen LogP contribution in [0.4, 0.5) is 4.39 Å². The van der Waals surface area contributed by atoms with Crippen LogP contribution in [-0.2, 0) is 4.79 Å². The molecule has 0 bridgehead atoms. The van der Waals surface area contributed by atoms with Crippen molar-refractivity contribution in [2.75, 3.05) is 26.2 Å². The van der Waals surface area contributed by atoms with Gasteiger partial charge in [0.25, 0.3) is 5.91 Å². The summed E-state index contributed by atoms with van der Waals surface area (Å²) < 4.78 is 18.5. The number of rotatable bonds is 5. The van der Waals surface area contributed by atoms with Gasteiger partial charge in [-0.3, -0.25) is 9.69 Å². The Labute approximate surface area is 136 Å². The van der Waals surface area contributed by atoms with Crippen LogP contribution in [0.3, 0.4) is 0 Å². The van der Waals surface area contributed by atoms with Crippen LogP contribution in [0.2, 0.25) is 0 Å². The Hall–Kier alpha value is -1.66. The molecule has 0 aromatic heterocycles. The quantitative estimate of drug-likeness (QED) is 0.892. The molecule has 23 heavy (non-hydrogen) atoms. The van der Waals surface area contributed by atoms with Crippen LogP contribution >= 0.6 is 0 Å². The molecule has 0 unspecified atom stereocenters. The number of aliphatic hydroxyl groups is 1. The van der Waals surface area contributed by atoms with E-state index >= 15 is 0 Å². The molecule has 3 atom stereocenters. The molecule has 1 aliphatic heterocycles. The summed E-state index contributed by atoms with van der Waals surface area (Å²) in [5, 5.41) is 9.50. The normalized spacial score (nSPS) is 21.8. The highest BCUT2D eigenvalue weighted by Crippen LogP contribution is 2.16. The summed E-state index contributed by atoms with van der Waals surface area (Å²) in [6, 6.07) is 5.85. The van der Waals surface area contributed by atoms with E-state index in [-0.39, 0.29) is 23.9 Å². The molecule has 1 heterocycles. The van der Waals surface area contributed by atoms with Crippen molar-refractivity contribution >= 4 is 5.91 Å². The van der Waals surface area contributed by atoms with Crippen molar-refractivity contribution in [2.45, 2.75) is 39.0 Å². The monoisotopic (exact) mass is 324 g/mol. The van der Waals surface area contributed by atoms with Crippen LogP contribution in [0.1, 0.15) is 20.8 Å². The molecule has 1 aromatic carbocycles. The van der Waals surface area contributed by atoms with Gasteiger partial charge in [-0.1, -0.05) is 0 Å². The zero-order chi connectivity index (χ0) is 17.0. The number of carbonyl (C=O) groups excluding carboxylic acids is 1. The third-order valence-electron chi connectivity index (χ3n) is 4.05. The van der Waals surface area contributed by atoms with E-state index in [4.69, 9.17) is 4.74 Å². The third-order valence-corrected chi connectivity index (χ3v) is 4.05. The molecule has 0 radical (unpaired) electrons. The van der Waals surface area contributed by atoms with E-state index in [0.717, 1.165) is 6.54 Å². The van der Waals surface area contributed by atoms with Crippen molar-refractivity contribution in [2.24, 2.45) is 0 Å². The number of aliphatic hydroxyl groups excluding tert-OH is 1. The number of ether oxygens (including phenoxy) is 1. The fourth-order valence-electron chi connectivity index (χ4n) is 2.83. The summed E-state index contributed by atoms with van der Waals surface area (Å²) in [5.41, 5.74) is 0. The Morgan fingerprint density at radius 2 is 2.00 bits per heavy atom. The van der Waals surface area contributed by atoms with Gasteiger partial charge in [-0.05, 0) is 45.0 Å². The molecule has 1 fully saturated rings. The molecule has 1 amide bonds. The average molecular weight is 324 g/mol. The molecule has 0 saturated carbocycles. The van der Waals surface area contributed by atoms with E-state index in [1.807, 2.05) is 6.92 Å². The van der Waals surface area contributed by atoms with Gasteiger partial charge in [-0.25, -0.2) is 4.39 Å². The summed E-state index contributed by atoms with van der Waals surface area (Å²) in [6.45, 7) is 8.11. The van der Waals surface area contributed by atoms with Gasteiger partial charge < -0.3 is 14.7 Å². The van der Waals surface area contributed by atoms with Crippen LogP contribution in [0.5, 0.6) is 5.75 Å². The second kappa shape index (κ2) is 7.75. The van der Waals surface area contributed by atoms with Crippen molar-refractivity contribution in [3.63, 3.8) is 0 Å². The van der Waals surface area contributed by atoms with Crippen LogP contribution in [0.15, 0.2) is 24.3 Å². The molecular weight excluding hydrogens is 299 g/mol. The van der Waals surface area contributed by atoms with E-state index in [1.54, 1.807) is 18.7 Å². The third kappa shape index (κ3) is 4.91. The smallest absolute Gasteiger partial charge is 0.263 e. The number of amides is 1. The first-order chi connectivity index (χ1) is 10.9. The number of carbonyl (C=O) groups is 1. The number of hydrogen-bond acceptors (Lipinski definition) is 4. The minimum absolute atomic E-state index is 0.0714. The molecule has 0 spiro atoms. The topological polar surface area (TPSA) is 53.0 Å². The SMILES string of the molecule is C[C@H](O)CN1CCN(C(=O)[C@H](C)Oc2ccc(F)cc2)C[C@H]1C. The van der Waals surface area contributed by atoms with E-state index < -0.39 is 6.10 Å². The Morgan fingerprint density at radius 1 is 1.35 bits per heavy atom. The van der Waals surface area contributed by atoms with Crippen molar-refractivity contribution in [3.05, 3.63) is 30.1 Å². The molecule has 1 N–H and O–H groups in total. The van der Waals surface area contributed by atoms with Crippen LogP contribution in [0, 0.1) is 5.82 Å². The number of nitrogens with zero attached hydrogens (tertiary/aromatic N) is 2. The first-order valence-electron chi connectivity index (χ1n) is 8.00. The average Bonchev–Trinajstić information content (AvgIpc) is 2.50. The van der Waals surface area contributed by atoms with Crippen molar-refractivity contribution in [1.82, 2.24) is 9.80 Å². The minimum Gasteiger partial charge on any atom is -0.481 e. The highest BCUT2D eigenvalue weighted by molar-refractivity contribution is 5.81. The predicted octanol–water partition coefficient (Wildman–Crippen LogP) is 1.51. The Bertz CT molecular complexity index is 521. The largest absolute Gasteiger partial charge is 0.481 e. The summed E-state index contributed by atoms with van der Waals surface area (Å²) >= 11 is 0. The van der Waals surface area contributed by atoms with Gasteiger partial charge in [-0.2, -0.15) is 0 Å². The minimum atomic E-state index is -0.615. The van der Waals surface area contributed by atoms with Gasteiger partial charge in [0.05, 0.1) is 6.10 Å². The summed E-state index contributed by atoms with van der Waals surface area (Å²) in [7, 11) is 0. The zero-order valence-corrected chi connectivity index (χ0v) is 13.9. The Kier molecular flexibility index (Phi) is 5.96. The maximum atomic E-state index is 12.9. The lowest BCUT2D eigenvalue weighted by molar-refractivity contribution is -0.141. The number of halogens is 1. The fourth-order valence-corrected chi connectivity index (χ4v) is 2.83. The standard InChI is InChI=1S/C17H25FN2O3/c1-12-10-20(9-8-19(12)11-13(2)21)17(22)14(3)23-16-6-4-15(18)5-7-16/h4-7,12-14,21H,8-11H2,1-3H3/t12-,13+,14+/m1/s1. The fraction of sp³-hybridized carbons (Fsp3) is 0.588.